The van der Waals surface area contributed by atoms with Gasteiger partial charge in [-0.1, -0.05) is 0 Å². The number of amides is 3. The summed E-state index contributed by atoms with van der Waals surface area (Å²) in [6, 6.07) is -4.19. The van der Waals surface area contributed by atoms with E-state index in [1.807, 2.05) is 0 Å². The number of hydrogen-bond acceptors (Lipinski definition) is 7. The van der Waals surface area contributed by atoms with E-state index in [4.69, 9.17) is 21.7 Å². The second kappa shape index (κ2) is 9.71. The first-order chi connectivity index (χ1) is 10.6. The number of aliphatic hydroxyl groups excluding tert-OH is 2. The fourth-order valence-corrected chi connectivity index (χ4v) is 1.55. The van der Waals surface area contributed by atoms with Crippen LogP contribution in [0.15, 0.2) is 0 Å². The van der Waals surface area contributed by atoms with Gasteiger partial charge in [0.15, 0.2) is 0 Å². The highest BCUT2D eigenvalue weighted by Crippen LogP contribution is 2.01. The van der Waals surface area contributed by atoms with Gasteiger partial charge in [-0.15, -0.1) is 0 Å². The molecule has 0 aliphatic rings. The second-order valence-corrected chi connectivity index (χ2v) is 4.92. The minimum atomic E-state index is -1.48. The lowest BCUT2D eigenvalue weighted by atomic mass is 10.1. The SMILES string of the molecule is C[C@@H](O)[C@H](NC(=O)[C@@H](N)CO)C(=O)N[C@@H](CCC(N)=O)C(=O)O. The van der Waals surface area contributed by atoms with Gasteiger partial charge in [0.25, 0.3) is 0 Å². The summed E-state index contributed by atoms with van der Waals surface area (Å²) in [6.07, 6.45) is -1.86. The fourth-order valence-electron chi connectivity index (χ4n) is 1.55. The van der Waals surface area contributed by atoms with Crippen molar-refractivity contribution >= 4 is 23.7 Å². The molecule has 0 aromatic heterocycles. The van der Waals surface area contributed by atoms with E-state index < -0.39 is 54.5 Å². The van der Waals surface area contributed by atoms with Crippen molar-refractivity contribution in [2.24, 2.45) is 11.5 Å². The molecule has 0 unspecified atom stereocenters. The zero-order chi connectivity index (χ0) is 18.2. The lowest BCUT2D eigenvalue weighted by Gasteiger charge is -2.24. The summed E-state index contributed by atoms with van der Waals surface area (Å²) >= 11 is 0. The summed E-state index contributed by atoms with van der Waals surface area (Å²) in [5.41, 5.74) is 10.2. The highest BCUT2D eigenvalue weighted by atomic mass is 16.4. The van der Waals surface area contributed by atoms with E-state index in [2.05, 4.69) is 10.6 Å². The van der Waals surface area contributed by atoms with Crippen molar-refractivity contribution in [1.29, 1.82) is 0 Å². The Morgan fingerprint density at radius 1 is 1.13 bits per heavy atom. The van der Waals surface area contributed by atoms with Gasteiger partial charge in [-0.3, -0.25) is 14.4 Å². The van der Waals surface area contributed by atoms with Crippen molar-refractivity contribution in [3.8, 4) is 0 Å². The molecule has 23 heavy (non-hydrogen) atoms. The largest absolute Gasteiger partial charge is 0.480 e. The quantitative estimate of drug-likeness (QED) is 0.209. The molecule has 0 radical (unpaired) electrons. The Morgan fingerprint density at radius 3 is 2.09 bits per heavy atom. The molecule has 3 amide bonds. The number of carboxylic acids is 1. The Morgan fingerprint density at radius 2 is 1.70 bits per heavy atom. The topological polar surface area (TPSA) is 205 Å². The van der Waals surface area contributed by atoms with Crippen molar-refractivity contribution in [1.82, 2.24) is 10.6 Å². The molecule has 132 valence electrons. The highest BCUT2D eigenvalue weighted by Gasteiger charge is 2.30. The molecule has 0 aliphatic carbocycles. The monoisotopic (exact) mass is 334 g/mol. The average molecular weight is 334 g/mol. The van der Waals surface area contributed by atoms with Gasteiger partial charge in [0.05, 0.1) is 12.7 Å². The van der Waals surface area contributed by atoms with E-state index in [0.29, 0.717) is 0 Å². The highest BCUT2D eigenvalue weighted by molar-refractivity contribution is 5.92. The molecular weight excluding hydrogens is 312 g/mol. The molecule has 4 atom stereocenters. The molecule has 0 bridgehead atoms. The number of carboxylic acid groups (broad SMARTS) is 1. The number of nitrogens with one attached hydrogen (secondary N) is 2. The van der Waals surface area contributed by atoms with Crippen molar-refractivity contribution in [3.63, 3.8) is 0 Å². The Hall–Kier alpha value is -2.24. The van der Waals surface area contributed by atoms with E-state index in [0.717, 1.165) is 0 Å². The molecule has 0 aromatic carbocycles. The van der Waals surface area contributed by atoms with Gasteiger partial charge >= 0.3 is 5.97 Å². The predicted octanol–water partition coefficient (Wildman–Crippen LogP) is -3.99. The first-order valence-corrected chi connectivity index (χ1v) is 6.76. The summed E-state index contributed by atoms with van der Waals surface area (Å²) in [4.78, 5) is 45.3. The molecule has 0 heterocycles. The van der Waals surface area contributed by atoms with Crippen LogP contribution in [0.25, 0.3) is 0 Å². The maximum Gasteiger partial charge on any atom is 0.326 e. The first-order valence-electron chi connectivity index (χ1n) is 6.76. The Kier molecular flexibility index (Phi) is 8.77. The number of aliphatic hydroxyl groups is 2. The van der Waals surface area contributed by atoms with Gasteiger partial charge in [0.1, 0.15) is 18.1 Å². The lowest BCUT2D eigenvalue weighted by Crippen LogP contribution is -2.58. The summed E-state index contributed by atoms with van der Waals surface area (Å²) in [5, 5.41) is 31.5. The smallest absolute Gasteiger partial charge is 0.326 e. The lowest BCUT2D eigenvalue weighted by molar-refractivity contribution is -0.143. The number of aliphatic carboxylic acids is 1. The van der Waals surface area contributed by atoms with Crippen molar-refractivity contribution < 1.29 is 34.5 Å². The zero-order valence-electron chi connectivity index (χ0n) is 12.6. The van der Waals surface area contributed by atoms with Crippen molar-refractivity contribution in [2.75, 3.05) is 6.61 Å². The van der Waals surface area contributed by atoms with Crippen LogP contribution in [0.4, 0.5) is 0 Å². The number of hydrogen-bond donors (Lipinski definition) is 7. The molecule has 0 fully saturated rings. The van der Waals surface area contributed by atoms with Crippen LogP contribution >= 0.6 is 0 Å². The fraction of sp³-hybridized carbons (Fsp3) is 0.667. The third kappa shape index (κ3) is 7.54. The molecule has 0 aliphatic heterocycles. The van der Waals surface area contributed by atoms with Crippen LogP contribution in [0.5, 0.6) is 0 Å². The number of carbonyl (C=O) groups is 4. The van der Waals surface area contributed by atoms with Crippen LogP contribution in [0.3, 0.4) is 0 Å². The Bertz CT molecular complexity index is 455. The van der Waals surface area contributed by atoms with Crippen LogP contribution < -0.4 is 22.1 Å². The summed E-state index contributed by atoms with van der Waals surface area (Å²) in [6.45, 7) is 0.532. The van der Waals surface area contributed by atoms with Gasteiger partial charge < -0.3 is 37.4 Å². The van der Waals surface area contributed by atoms with Crippen molar-refractivity contribution in [3.05, 3.63) is 0 Å². The van der Waals surface area contributed by atoms with Crippen LogP contribution in [0.1, 0.15) is 19.8 Å². The van der Waals surface area contributed by atoms with Gasteiger partial charge in [-0.05, 0) is 13.3 Å². The van der Waals surface area contributed by atoms with Gasteiger partial charge in [-0.25, -0.2) is 4.79 Å². The first kappa shape index (κ1) is 20.8. The maximum absolute atomic E-state index is 12.0. The molecule has 0 saturated heterocycles. The van der Waals surface area contributed by atoms with E-state index >= 15 is 0 Å². The average Bonchev–Trinajstić information content (AvgIpc) is 2.46. The van der Waals surface area contributed by atoms with Crippen LogP contribution in [0.2, 0.25) is 0 Å². The summed E-state index contributed by atoms with van der Waals surface area (Å²) in [7, 11) is 0. The molecule has 0 spiro atoms. The third-order valence-electron chi connectivity index (χ3n) is 2.89. The molecule has 0 aromatic rings. The molecule has 11 heteroatoms. The molecule has 9 N–H and O–H groups in total. The molecule has 11 nitrogen and oxygen atoms in total. The van der Waals surface area contributed by atoms with Crippen LogP contribution in [0, 0.1) is 0 Å². The second-order valence-electron chi connectivity index (χ2n) is 4.92. The number of rotatable bonds is 10. The van der Waals surface area contributed by atoms with Gasteiger partial charge in [0.2, 0.25) is 17.7 Å². The zero-order valence-corrected chi connectivity index (χ0v) is 12.6. The minimum absolute atomic E-state index is 0.243. The van der Waals surface area contributed by atoms with E-state index in [9.17, 15) is 24.3 Å². The molecular formula is C12H22N4O7. The number of carbonyl (C=O) groups excluding carboxylic acids is 3. The maximum atomic E-state index is 12.0. The number of primary amides is 1. The van der Waals surface area contributed by atoms with E-state index in [-0.39, 0.29) is 12.8 Å². The number of nitrogens with two attached hydrogens (primary N) is 2. The minimum Gasteiger partial charge on any atom is -0.480 e. The predicted molar refractivity (Wildman–Crippen MR) is 76.7 cm³/mol. The van der Waals surface area contributed by atoms with Gasteiger partial charge in [-0.2, -0.15) is 0 Å². The van der Waals surface area contributed by atoms with Crippen LogP contribution in [-0.4, -0.2) is 69.8 Å². The normalized spacial score (nSPS) is 15.8. The Balaban J connectivity index is 4.91. The van der Waals surface area contributed by atoms with E-state index in [1.54, 1.807) is 0 Å². The third-order valence-corrected chi connectivity index (χ3v) is 2.89. The van der Waals surface area contributed by atoms with Crippen LogP contribution in [-0.2, 0) is 19.2 Å². The van der Waals surface area contributed by atoms with E-state index in [1.165, 1.54) is 6.92 Å². The van der Waals surface area contributed by atoms with Gasteiger partial charge in [0, 0.05) is 6.42 Å². The molecule has 0 saturated carbocycles. The summed E-state index contributed by atoms with van der Waals surface area (Å²) < 4.78 is 0. The summed E-state index contributed by atoms with van der Waals surface area (Å²) in [5.74, 6) is -4.00. The van der Waals surface area contributed by atoms with Crippen molar-refractivity contribution in [2.45, 2.75) is 44.0 Å². The Labute approximate surface area is 132 Å². The standard InChI is InChI=1S/C12H22N4O7/c1-5(18)9(16-10(20)6(13)4-17)11(21)15-7(12(22)23)2-3-8(14)19/h5-7,9,17-18H,2-4,13H2,1H3,(H2,14,19)(H,15,21)(H,16,20)(H,22,23)/t5-,6+,7+,9+/m1/s1. The molecule has 0 rings (SSSR count).